The van der Waals surface area contributed by atoms with E-state index in [-0.39, 0.29) is 6.42 Å². The van der Waals surface area contributed by atoms with E-state index >= 15 is 0 Å². The third-order valence-corrected chi connectivity index (χ3v) is 3.67. The molecule has 0 radical (unpaired) electrons. The molecule has 2 rings (SSSR count). The van der Waals surface area contributed by atoms with E-state index in [1.165, 1.54) is 0 Å². The topological polar surface area (TPSA) is 70.0 Å². The van der Waals surface area contributed by atoms with Gasteiger partial charge in [-0.05, 0) is 18.9 Å². The van der Waals surface area contributed by atoms with Gasteiger partial charge < -0.3 is 14.9 Å². The van der Waals surface area contributed by atoms with Gasteiger partial charge in [0, 0.05) is 18.7 Å². The first kappa shape index (κ1) is 15.5. The Balaban J connectivity index is 2.12. The molecule has 2 N–H and O–H groups in total. The van der Waals surface area contributed by atoms with Crippen LogP contribution in [-0.4, -0.2) is 46.4 Å². The van der Waals surface area contributed by atoms with Gasteiger partial charge in [-0.2, -0.15) is 0 Å². The number of benzene rings is 1. The maximum absolute atomic E-state index is 11.4. The highest BCUT2D eigenvalue weighted by molar-refractivity contribution is 5.73. The number of aliphatic hydroxyl groups is 1. The van der Waals surface area contributed by atoms with Crippen LogP contribution in [0.5, 0.6) is 5.75 Å². The van der Waals surface area contributed by atoms with Gasteiger partial charge in [-0.25, -0.2) is 0 Å². The number of piperidine rings is 1. The van der Waals surface area contributed by atoms with E-state index in [0.717, 1.165) is 11.3 Å². The third kappa shape index (κ3) is 4.06. The van der Waals surface area contributed by atoms with Crippen LogP contribution >= 0.6 is 0 Å². The SMILES string of the molecule is C=CCOc1ccccc1CN1CC[C@H](O)C[C@@H]1C(=O)O. The number of hydrogen-bond acceptors (Lipinski definition) is 4. The van der Waals surface area contributed by atoms with Crippen LogP contribution < -0.4 is 4.74 Å². The molecule has 0 unspecified atom stereocenters. The van der Waals surface area contributed by atoms with Crippen molar-refractivity contribution in [2.45, 2.75) is 31.5 Å². The predicted octanol–water partition coefficient (Wildman–Crippen LogP) is 1.66. The summed E-state index contributed by atoms with van der Waals surface area (Å²) < 4.78 is 5.60. The quantitative estimate of drug-likeness (QED) is 0.780. The number of carboxylic acid groups (broad SMARTS) is 1. The molecular weight excluding hydrogens is 270 g/mol. The highest BCUT2D eigenvalue weighted by Crippen LogP contribution is 2.25. The summed E-state index contributed by atoms with van der Waals surface area (Å²) in [6.07, 6.45) is 2.01. The van der Waals surface area contributed by atoms with Crippen molar-refractivity contribution in [2.24, 2.45) is 0 Å². The van der Waals surface area contributed by atoms with Crippen molar-refractivity contribution >= 4 is 5.97 Å². The third-order valence-electron chi connectivity index (χ3n) is 3.67. The van der Waals surface area contributed by atoms with E-state index in [0.29, 0.717) is 26.1 Å². The molecule has 2 atom stereocenters. The minimum Gasteiger partial charge on any atom is -0.489 e. The Hall–Kier alpha value is -1.85. The number of nitrogens with zero attached hydrogens (tertiary/aromatic N) is 1. The fourth-order valence-corrected chi connectivity index (χ4v) is 2.58. The van der Waals surface area contributed by atoms with Gasteiger partial charge in [-0.3, -0.25) is 9.69 Å². The first-order chi connectivity index (χ1) is 10.1. The molecule has 0 aliphatic carbocycles. The molecule has 0 amide bonds. The van der Waals surface area contributed by atoms with Gasteiger partial charge in [0.2, 0.25) is 0 Å². The molecule has 0 spiro atoms. The number of ether oxygens (including phenoxy) is 1. The largest absolute Gasteiger partial charge is 0.489 e. The lowest BCUT2D eigenvalue weighted by molar-refractivity contribution is -0.147. The van der Waals surface area contributed by atoms with Crippen LogP contribution in [0.1, 0.15) is 18.4 Å². The summed E-state index contributed by atoms with van der Waals surface area (Å²) in [4.78, 5) is 13.2. The van der Waals surface area contributed by atoms with Crippen LogP contribution in [0.15, 0.2) is 36.9 Å². The van der Waals surface area contributed by atoms with Gasteiger partial charge in [-0.1, -0.05) is 30.9 Å². The number of hydrogen-bond donors (Lipinski definition) is 2. The normalized spacial score (nSPS) is 22.7. The van der Waals surface area contributed by atoms with Crippen molar-refractivity contribution in [3.05, 3.63) is 42.5 Å². The lowest BCUT2D eigenvalue weighted by Gasteiger charge is -2.35. The summed E-state index contributed by atoms with van der Waals surface area (Å²) in [6, 6.07) is 6.94. The number of carbonyl (C=O) groups is 1. The molecule has 0 bridgehead atoms. The van der Waals surface area contributed by atoms with Gasteiger partial charge in [0.25, 0.3) is 0 Å². The average molecular weight is 291 g/mol. The van der Waals surface area contributed by atoms with E-state index < -0.39 is 18.1 Å². The van der Waals surface area contributed by atoms with E-state index in [1.54, 1.807) is 6.08 Å². The summed E-state index contributed by atoms with van der Waals surface area (Å²) in [5, 5.41) is 19.0. The monoisotopic (exact) mass is 291 g/mol. The lowest BCUT2D eigenvalue weighted by atomic mass is 9.98. The van der Waals surface area contributed by atoms with E-state index in [1.807, 2.05) is 29.2 Å². The summed E-state index contributed by atoms with van der Waals surface area (Å²) >= 11 is 0. The average Bonchev–Trinajstić information content (AvgIpc) is 2.48. The number of aliphatic hydroxyl groups excluding tert-OH is 1. The molecule has 114 valence electrons. The summed E-state index contributed by atoms with van der Waals surface area (Å²) in [5.74, 6) is -0.147. The lowest BCUT2D eigenvalue weighted by Crippen LogP contribution is -2.48. The van der Waals surface area contributed by atoms with E-state index in [4.69, 9.17) is 4.74 Å². The molecule has 0 aromatic heterocycles. The second-order valence-corrected chi connectivity index (χ2v) is 5.21. The van der Waals surface area contributed by atoms with Crippen molar-refractivity contribution in [1.82, 2.24) is 4.90 Å². The molecule has 5 nitrogen and oxygen atoms in total. The van der Waals surface area contributed by atoms with Crippen LogP contribution in [0.4, 0.5) is 0 Å². The van der Waals surface area contributed by atoms with Crippen LogP contribution in [-0.2, 0) is 11.3 Å². The molecule has 1 aromatic rings. The highest BCUT2D eigenvalue weighted by atomic mass is 16.5. The molecule has 1 aromatic carbocycles. The molecule has 1 fully saturated rings. The second-order valence-electron chi connectivity index (χ2n) is 5.21. The van der Waals surface area contributed by atoms with Crippen LogP contribution in [0.25, 0.3) is 0 Å². The minimum atomic E-state index is -0.891. The predicted molar refractivity (Wildman–Crippen MR) is 79.2 cm³/mol. The molecular formula is C16H21NO4. The number of rotatable bonds is 6. The first-order valence-corrected chi connectivity index (χ1v) is 7.08. The number of para-hydroxylation sites is 1. The van der Waals surface area contributed by atoms with Crippen molar-refractivity contribution in [3.63, 3.8) is 0 Å². The van der Waals surface area contributed by atoms with Crippen molar-refractivity contribution in [1.29, 1.82) is 0 Å². The highest BCUT2D eigenvalue weighted by Gasteiger charge is 2.32. The minimum absolute atomic E-state index is 0.269. The Morgan fingerprint density at radius 2 is 2.24 bits per heavy atom. The zero-order chi connectivity index (χ0) is 15.2. The Labute approximate surface area is 124 Å². The van der Waals surface area contributed by atoms with Gasteiger partial charge in [0.1, 0.15) is 18.4 Å². The van der Waals surface area contributed by atoms with Gasteiger partial charge in [0.15, 0.2) is 0 Å². The van der Waals surface area contributed by atoms with Crippen molar-refractivity contribution in [2.75, 3.05) is 13.2 Å². The summed E-state index contributed by atoms with van der Waals surface area (Å²) in [7, 11) is 0. The van der Waals surface area contributed by atoms with E-state index in [9.17, 15) is 15.0 Å². The maximum Gasteiger partial charge on any atom is 0.321 e. The zero-order valence-electron chi connectivity index (χ0n) is 11.9. The van der Waals surface area contributed by atoms with Crippen LogP contribution in [0, 0.1) is 0 Å². The molecule has 1 heterocycles. The number of likely N-dealkylation sites (tertiary alicyclic amines) is 1. The molecule has 1 aliphatic heterocycles. The first-order valence-electron chi connectivity index (χ1n) is 7.08. The molecule has 1 saturated heterocycles. The molecule has 1 aliphatic rings. The number of carboxylic acids is 1. The van der Waals surface area contributed by atoms with Gasteiger partial charge in [0.05, 0.1) is 6.10 Å². The molecule has 0 saturated carbocycles. The second kappa shape index (κ2) is 7.24. The van der Waals surface area contributed by atoms with Crippen molar-refractivity contribution in [3.8, 4) is 5.75 Å². The molecule has 5 heteroatoms. The van der Waals surface area contributed by atoms with Crippen LogP contribution in [0.3, 0.4) is 0 Å². The zero-order valence-corrected chi connectivity index (χ0v) is 11.9. The Morgan fingerprint density at radius 1 is 1.48 bits per heavy atom. The maximum atomic E-state index is 11.4. The van der Waals surface area contributed by atoms with Crippen molar-refractivity contribution < 1.29 is 19.7 Å². The fraction of sp³-hybridized carbons (Fsp3) is 0.438. The van der Waals surface area contributed by atoms with E-state index in [2.05, 4.69) is 6.58 Å². The Morgan fingerprint density at radius 3 is 2.95 bits per heavy atom. The van der Waals surface area contributed by atoms with Crippen LogP contribution in [0.2, 0.25) is 0 Å². The summed E-state index contributed by atoms with van der Waals surface area (Å²) in [6.45, 7) is 5.10. The smallest absolute Gasteiger partial charge is 0.321 e. The number of aliphatic carboxylic acids is 1. The Kier molecular flexibility index (Phi) is 5.36. The standard InChI is InChI=1S/C16H21NO4/c1-2-9-21-15-6-4-3-5-12(15)11-17-8-7-13(18)10-14(17)16(19)20/h2-6,13-14,18H,1,7-11H2,(H,19,20)/t13-,14+/m0/s1. The van der Waals surface area contributed by atoms with Gasteiger partial charge >= 0.3 is 5.97 Å². The fourth-order valence-electron chi connectivity index (χ4n) is 2.58. The van der Waals surface area contributed by atoms with Gasteiger partial charge in [-0.15, -0.1) is 0 Å². The molecule has 21 heavy (non-hydrogen) atoms. The summed E-state index contributed by atoms with van der Waals surface area (Å²) in [5.41, 5.74) is 0.946. The Bertz CT molecular complexity index is 503.